The first-order valence-corrected chi connectivity index (χ1v) is 10.2. The maximum absolute atomic E-state index is 11.4. The molecule has 3 nitrogen and oxygen atoms in total. The molecule has 3 rings (SSSR count). The first-order valence-electron chi connectivity index (χ1n) is 10.2. The van der Waals surface area contributed by atoms with Gasteiger partial charge in [0.25, 0.3) is 0 Å². The van der Waals surface area contributed by atoms with Crippen molar-refractivity contribution < 1.29 is 9.53 Å². The van der Waals surface area contributed by atoms with Gasteiger partial charge in [0, 0.05) is 31.5 Å². The van der Waals surface area contributed by atoms with E-state index in [2.05, 4.69) is 49.1 Å². The van der Waals surface area contributed by atoms with E-state index in [0.29, 0.717) is 17.7 Å². The minimum atomic E-state index is -0.243. The Kier molecular flexibility index (Phi) is 6.18. The Morgan fingerprint density at radius 2 is 2.27 bits per heavy atom. The Morgan fingerprint density at radius 1 is 1.42 bits per heavy atom. The van der Waals surface area contributed by atoms with E-state index in [4.69, 9.17) is 4.74 Å². The molecule has 2 aliphatic rings. The van der Waals surface area contributed by atoms with Crippen molar-refractivity contribution in [2.45, 2.75) is 70.8 Å². The highest BCUT2D eigenvalue weighted by Crippen LogP contribution is 2.53. The summed E-state index contributed by atoms with van der Waals surface area (Å²) < 4.78 is 5.37. The van der Waals surface area contributed by atoms with E-state index in [-0.39, 0.29) is 11.4 Å². The lowest BCUT2D eigenvalue weighted by atomic mass is 9.65. The third-order valence-corrected chi connectivity index (χ3v) is 6.49. The summed E-state index contributed by atoms with van der Waals surface area (Å²) >= 11 is 0. The van der Waals surface area contributed by atoms with Crippen molar-refractivity contribution in [2.75, 3.05) is 13.1 Å². The molecule has 0 spiro atoms. The van der Waals surface area contributed by atoms with Crippen LogP contribution >= 0.6 is 0 Å². The van der Waals surface area contributed by atoms with Gasteiger partial charge in [-0.3, -0.25) is 9.69 Å². The van der Waals surface area contributed by atoms with Gasteiger partial charge in [0.15, 0.2) is 0 Å². The van der Waals surface area contributed by atoms with Gasteiger partial charge in [-0.1, -0.05) is 37.6 Å². The van der Waals surface area contributed by atoms with E-state index in [1.54, 1.807) is 0 Å². The van der Waals surface area contributed by atoms with Crippen LogP contribution < -0.4 is 4.74 Å². The second-order valence-corrected chi connectivity index (χ2v) is 7.99. The number of piperidine rings is 1. The first kappa shape index (κ1) is 19.2. The lowest BCUT2D eigenvalue weighted by Gasteiger charge is -2.49. The molecule has 1 saturated carbocycles. The lowest BCUT2D eigenvalue weighted by Crippen LogP contribution is -2.52. The second-order valence-electron chi connectivity index (χ2n) is 7.99. The molecular formula is C23H33NO2. The van der Waals surface area contributed by atoms with E-state index in [1.807, 2.05) is 6.07 Å². The number of fused-ring (bicyclic) bond motifs is 1. The number of esters is 1. The smallest absolute Gasteiger partial charge is 0.308 e. The van der Waals surface area contributed by atoms with Crippen LogP contribution in [0.5, 0.6) is 5.75 Å². The molecule has 0 N–H and O–H groups in total. The maximum atomic E-state index is 11.4. The van der Waals surface area contributed by atoms with Crippen LogP contribution in [-0.4, -0.2) is 30.0 Å². The number of rotatable bonds is 6. The van der Waals surface area contributed by atoms with Gasteiger partial charge in [0.05, 0.1) is 0 Å². The average Bonchev–Trinajstić information content (AvgIpc) is 3.05. The van der Waals surface area contributed by atoms with Crippen LogP contribution in [-0.2, 0) is 10.2 Å². The fourth-order valence-corrected chi connectivity index (χ4v) is 5.28. The van der Waals surface area contributed by atoms with Crippen molar-refractivity contribution >= 4 is 5.97 Å². The van der Waals surface area contributed by atoms with Gasteiger partial charge >= 0.3 is 5.97 Å². The lowest BCUT2D eigenvalue weighted by molar-refractivity contribution is -0.131. The summed E-state index contributed by atoms with van der Waals surface area (Å²) in [6, 6.07) is 8.98. The standard InChI is InChI=1S/C23H33NO2/c1-4-6-7-14-24-17-20-11-9-13-23(20,16-21(24)5-2)19-10-8-12-22(15-19)26-18(3)25/h4,6,8,10,12,15,20-21H,5,7,9,11,13-14,16-17H2,1-3H3/b6-4+. The summed E-state index contributed by atoms with van der Waals surface area (Å²) in [7, 11) is 0. The monoisotopic (exact) mass is 355 g/mol. The maximum Gasteiger partial charge on any atom is 0.308 e. The summed E-state index contributed by atoms with van der Waals surface area (Å²) in [4.78, 5) is 14.1. The number of hydrogen-bond acceptors (Lipinski definition) is 3. The van der Waals surface area contributed by atoms with Crippen molar-refractivity contribution in [3.63, 3.8) is 0 Å². The quantitative estimate of drug-likeness (QED) is 0.404. The summed E-state index contributed by atoms with van der Waals surface area (Å²) in [6.07, 6.45) is 11.9. The van der Waals surface area contributed by atoms with Gasteiger partial charge in [-0.05, 0) is 62.6 Å². The van der Waals surface area contributed by atoms with Crippen molar-refractivity contribution in [1.29, 1.82) is 0 Å². The minimum absolute atomic E-state index is 0.243. The Morgan fingerprint density at radius 3 is 3.00 bits per heavy atom. The third-order valence-electron chi connectivity index (χ3n) is 6.49. The molecule has 1 aliphatic carbocycles. The van der Waals surface area contributed by atoms with Crippen LogP contribution in [0.1, 0.15) is 64.9 Å². The normalized spacial score (nSPS) is 29.0. The molecule has 2 fully saturated rings. The number of carbonyl (C=O) groups excluding carboxylic acids is 1. The van der Waals surface area contributed by atoms with Crippen LogP contribution in [0.3, 0.4) is 0 Å². The largest absolute Gasteiger partial charge is 0.427 e. The zero-order valence-corrected chi connectivity index (χ0v) is 16.5. The molecule has 0 aromatic heterocycles. The average molecular weight is 356 g/mol. The van der Waals surface area contributed by atoms with Crippen molar-refractivity contribution in [1.82, 2.24) is 4.90 Å². The first-order chi connectivity index (χ1) is 12.6. The molecule has 0 radical (unpaired) electrons. The number of allylic oxidation sites excluding steroid dienone is 1. The summed E-state index contributed by atoms with van der Waals surface area (Å²) in [5.41, 5.74) is 1.64. The number of benzene rings is 1. The Bertz CT molecular complexity index is 653. The molecule has 142 valence electrons. The number of nitrogens with zero attached hydrogens (tertiary/aromatic N) is 1. The summed E-state index contributed by atoms with van der Waals surface area (Å²) in [5.74, 6) is 1.16. The third kappa shape index (κ3) is 3.88. The van der Waals surface area contributed by atoms with Crippen LogP contribution in [0.25, 0.3) is 0 Å². The van der Waals surface area contributed by atoms with Crippen molar-refractivity contribution in [2.24, 2.45) is 5.92 Å². The molecule has 1 aromatic rings. The van der Waals surface area contributed by atoms with Crippen molar-refractivity contribution in [3.8, 4) is 5.75 Å². The molecule has 1 aromatic carbocycles. The minimum Gasteiger partial charge on any atom is -0.427 e. The fourth-order valence-electron chi connectivity index (χ4n) is 5.28. The highest BCUT2D eigenvalue weighted by atomic mass is 16.5. The zero-order chi connectivity index (χ0) is 18.6. The van der Waals surface area contributed by atoms with Gasteiger partial charge in [0.1, 0.15) is 5.75 Å². The topological polar surface area (TPSA) is 29.5 Å². The Balaban J connectivity index is 1.85. The van der Waals surface area contributed by atoms with Crippen LogP contribution in [0.4, 0.5) is 0 Å². The number of ether oxygens (including phenoxy) is 1. The molecule has 3 heteroatoms. The highest BCUT2D eigenvalue weighted by molar-refractivity contribution is 5.69. The van der Waals surface area contributed by atoms with Gasteiger partial charge in [0.2, 0.25) is 0 Å². The molecule has 0 amide bonds. The number of hydrogen-bond donors (Lipinski definition) is 0. The van der Waals surface area contributed by atoms with Gasteiger partial charge in [-0.15, -0.1) is 0 Å². The fraction of sp³-hybridized carbons (Fsp3) is 0.609. The predicted molar refractivity (Wildman–Crippen MR) is 106 cm³/mol. The molecule has 1 saturated heterocycles. The summed E-state index contributed by atoms with van der Waals surface area (Å²) in [5, 5.41) is 0. The molecule has 26 heavy (non-hydrogen) atoms. The molecule has 1 aliphatic heterocycles. The molecule has 1 heterocycles. The van der Waals surface area contributed by atoms with Gasteiger partial charge in [-0.2, -0.15) is 0 Å². The number of likely N-dealkylation sites (tertiary alicyclic amines) is 1. The molecular weight excluding hydrogens is 322 g/mol. The Labute approximate surface area is 158 Å². The van der Waals surface area contributed by atoms with E-state index < -0.39 is 0 Å². The Hall–Kier alpha value is -1.61. The molecule has 3 unspecified atom stereocenters. The van der Waals surface area contributed by atoms with E-state index in [1.165, 1.54) is 57.7 Å². The predicted octanol–water partition coefficient (Wildman–Crippen LogP) is 5.10. The highest BCUT2D eigenvalue weighted by Gasteiger charge is 2.49. The van der Waals surface area contributed by atoms with E-state index in [0.717, 1.165) is 6.42 Å². The zero-order valence-electron chi connectivity index (χ0n) is 16.5. The SMILES string of the molecule is C/C=C/CCN1CC2CCCC2(c2cccc(OC(C)=O)c2)CC1CC. The van der Waals surface area contributed by atoms with Gasteiger partial charge < -0.3 is 4.74 Å². The van der Waals surface area contributed by atoms with Gasteiger partial charge in [-0.25, -0.2) is 0 Å². The van der Waals surface area contributed by atoms with E-state index >= 15 is 0 Å². The van der Waals surface area contributed by atoms with Crippen LogP contribution in [0.2, 0.25) is 0 Å². The number of carbonyl (C=O) groups is 1. The molecule has 0 bridgehead atoms. The van der Waals surface area contributed by atoms with Crippen molar-refractivity contribution in [3.05, 3.63) is 42.0 Å². The summed E-state index contributed by atoms with van der Waals surface area (Å²) in [6.45, 7) is 8.27. The molecule has 3 atom stereocenters. The van der Waals surface area contributed by atoms with E-state index in [9.17, 15) is 4.79 Å². The van der Waals surface area contributed by atoms with Crippen LogP contribution in [0, 0.1) is 5.92 Å². The van der Waals surface area contributed by atoms with Crippen LogP contribution in [0.15, 0.2) is 36.4 Å². The second kappa shape index (κ2) is 8.39.